The molecule has 2 saturated heterocycles. The highest BCUT2D eigenvalue weighted by atomic mass is 16.3. The van der Waals surface area contributed by atoms with Gasteiger partial charge in [-0.1, -0.05) is 0 Å². The second kappa shape index (κ2) is 7.18. The number of carbonyl (C=O) groups excluding carboxylic acids is 1. The SMILES string of the molecule is Cc1ccc(CCC(C)NC(=O)N2CCCC23CCN(C)CC3)o1. The Bertz CT molecular complexity index is 561. The number of urea groups is 1. The van der Waals surface area contributed by atoms with E-state index in [1.807, 2.05) is 19.1 Å². The molecule has 134 valence electrons. The molecule has 1 N–H and O–H groups in total. The molecule has 0 radical (unpaired) electrons. The number of aryl methyl sites for hydroxylation is 2. The zero-order valence-corrected chi connectivity index (χ0v) is 15.3. The van der Waals surface area contributed by atoms with Gasteiger partial charge in [0, 0.05) is 37.6 Å². The number of nitrogens with zero attached hydrogens (tertiary/aromatic N) is 2. The van der Waals surface area contributed by atoms with Gasteiger partial charge in [-0.2, -0.15) is 0 Å². The predicted octanol–water partition coefficient (Wildman–Crippen LogP) is 3.18. The number of hydrogen-bond acceptors (Lipinski definition) is 3. The number of piperidine rings is 1. The van der Waals surface area contributed by atoms with Gasteiger partial charge in [0.15, 0.2) is 0 Å². The predicted molar refractivity (Wildman–Crippen MR) is 95.2 cm³/mol. The topological polar surface area (TPSA) is 48.7 Å². The van der Waals surface area contributed by atoms with E-state index in [1.165, 1.54) is 0 Å². The Balaban J connectivity index is 1.51. The lowest BCUT2D eigenvalue weighted by Gasteiger charge is -2.44. The van der Waals surface area contributed by atoms with Crippen LogP contribution in [0.25, 0.3) is 0 Å². The lowest BCUT2D eigenvalue weighted by atomic mass is 9.85. The summed E-state index contributed by atoms with van der Waals surface area (Å²) >= 11 is 0. The molecule has 0 saturated carbocycles. The molecule has 1 unspecified atom stereocenters. The Morgan fingerprint density at radius 2 is 2.04 bits per heavy atom. The second-order valence-electron chi connectivity index (χ2n) is 7.68. The molecule has 1 spiro atoms. The average Bonchev–Trinajstić information content (AvgIpc) is 3.15. The van der Waals surface area contributed by atoms with E-state index in [9.17, 15) is 4.79 Å². The summed E-state index contributed by atoms with van der Waals surface area (Å²) in [5.74, 6) is 1.95. The molecule has 2 amide bonds. The summed E-state index contributed by atoms with van der Waals surface area (Å²) in [6.45, 7) is 7.14. The molecule has 2 aliphatic rings. The summed E-state index contributed by atoms with van der Waals surface area (Å²) in [5.41, 5.74) is 0.106. The van der Waals surface area contributed by atoms with Crippen LogP contribution in [0.5, 0.6) is 0 Å². The highest BCUT2D eigenvalue weighted by Crippen LogP contribution is 2.38. The Kier molecular flexibility index (Phi) is 5.18. The summed E-state index contributed by atoms with van der Waals surface area (Å²) < 4.78 is 5.61. The third-order valence-electron chi connectivity index (χ3n) is 5.75. The van der Waals surface area contributed by atoms with E-state index in [0.717, 1.165) is 69.7 Å². The maximum atomic E-state index is 12.8. The van der Waals surface area contributed by atoms with E-state index < -0.39 is 0 Å². The molecule has 1 aromatic heterocycles. The first-order valence-corrected chi connectivity index (χ1v) is 9.30. The zero-order chi connectivity index (χ0) is 17.2. The van der Waals surface area contributed by atoms with Gasteiger partial charge in [0.2, 0.25) is 0 Å². The Labute approximate surface area is 145 Å². The maximum Gasteiger partial charge on any atom is 0.318 e. The van der Waals surface area contributed by atoms with Gasteiger partial charge in [-0.3, -0.25) is 0 Å². The second-order valence-corrected chi connectivity index (χ2v) is 7.68. The fraction of sp³-hybridized carbons (Fsp3) is 0.737. The summed E-state index contributed by atoms with van der Waals surface area (Å²) in [6.07, 6.45) is 6.28. The van der Waals surface area contributed by atoms with Crippen LogP contribution < -0.4 is 5.32 Å². The third-order valence-corrected chi connectivity index (χ3v) is 5.75. The molecular weight excluding hydrogens is 302 g/mol. The van der Waals surface area contributed by atoms with E-state index in [0.29, 0.717) is 0 Å². The average molecular weight is 333 g/mol. The lowest BCUT2D eigenvalue weighted by molar-refractivity contribution is 0.0817. The minimum Gasteiger partial charge on any atom is -0.466 e. The van der Waals surface area contributed by atoms with E-state index >= 15 is 0 Å². The minimum atomic E-state index is 0.106. The summed E-state index contributed by atoms with van der Waals surface area (Å²) in [5, 5.41) is 3.21. The van der Waals surface area contributed by atoms with E-state index in [1.54, 1.807) is 0 Å². The summed E-state index contributed by atoms with van der Waals surface area (Å²) in [7, 11) is 2.17. The van der Waals surface area contributed by atoms with Crippen LogP contribution in [0.15, 0.2) is 16.5 Å². The van der Waals surface area contributed by atoms with Crippen LogP contribution in [-0.2, 0) is 6.42 Å². The van der Waals surface area contributed by atoms with Gasteiger partial charge >= 0.3 is 6.03 Å². The van der Waals surface area contributed by atoms with Crippen molar-refractivity contribution in [1.82, 2.24) is 15.1 Å². The highest BCUT2D eigenvalue weighted by Gasteiger charge is 2.45. The molecule has 2 fully saturated rings. The first-order chi connectivity index (χ1) is 11.5. The molecule has 3 heterocycles. The van der Waals surface area contributed by atoms with Crippen molar-refractivity contribution in [3.8, 4) is 0 Å². The molecule has 0 bridgehead atoms. The minimum absolute atomic E-state index is 0.106. The van der Waals surface area contributed by atoms with Crippen LogP contribution in [0.1, 0.15) is 50.5 Å². The maximum absolute atomic E-state index is 12.8. The van der Waals surface area contributed by atoms with E-state index in [4.69, 9.17) is 4.42 Å². The van der Waals surface area contributed by atoms with Gasteiger partial charge in [-0.05, 0) is 65.1 Å². The van der Waals surface area contributed by atoms with Gasteiger partial charge in [0.1, 0.15) is 11.5 Å². The molecule has 24 heavy (non-hydrogen) atoms. The Morgan fingerprint density at radius 3 is 2.71 bits per heavy atom. The standard InChI is InChI=1S/C19H31N3O2/c1-15(5-7-17-8-6-16(2)24-17)20-18(23)22-12-4-9-19(22)10-13-21(3)14-11-19/h6,8,15H,4-5,7,9-14H2,1-3H3,(H,20,23). The largest absolute Gasteiger partial charge is 0.466 e. The normalized spacial score (nSPS) is 22.0. The van der Waals surface area contributed by atoms with Crippen molar-refractivity contribution >= 4 is 6.03 Å². The van der Waals surface area contributed by atoms with Crippen LogP contribution in [0.4, 0.5) is 4.79 Å². The van der Waals surface area contributed by atoms with Gasteiger partial charge in [0.25, 0.3) is 0 Å². The Morgan fingerprint density at radius 1 is 1.29 bits per heavy atom. The third kappa shape index (κ3) is 3.77. The van der Waals surface area contributed by atoms with Crippen molar-refractivity contribution < 1.29 is 9.21 Å². The summed E-state index contributed by atoms with van der Waals surface area (Å²) in [6, 6.07) is 4.30. The first-order valence-electron chi connectivity index (χ1n) is 9.30. The molecule has 1 atom stereocenters. The monoisotopic (exact) mass is 333 g/mol. The van der Waals surface area contributed by atoms with E-state index in [2.05, 4.69) is 29.1 Å². The van der Waals surface area contributed by atoms with Crippen LogP contribution in [0, 0.1) is 6.92 Å². The smallest absolute Gasteiger partial charge is 0.318 e. The Hall–Kier alpha value is -1.49. The number of likely N-dealkylation sites (tertiary alicyclic amines) is 2. The molecule has 1 aromatic rings. The van der Waals surface area contributed by atoms with Crippen LogP contribution in [-0.4, -0.2) is 54.1 Å². The first kappa shape index (κ1) is 17.3. The number of amides is 2. The van der Waals surface area contributed by atoms with Crippen LogP contribution in [0.2, 0.25) is 0 Å². The van der Waals surface area contributed by atoms with Gasteiger partial charge in [-0.15, -0.1) is 0 Å². The van der Waals surface area contributed by atoms with E-state index in [-0.39, 0.29) is 17.6 Å². The number of carbonyl (C=O) groups is 1. The number of nitrogens with one attached hydrogen (secondary N) is 1. The lowest BCUT2D eigenvalue weighted by Crippen LogP contribution is -2.56. The quantitative estimate of drug-likeness (QED) is 0.920. The highest BCUT2D eigenvalue weighted by molar-refractivity contribution is 5.75. The molecule has 2 aliphatic heterocycles. The van der Waals surface area contributed by atoms with Crippen molar-refractivity contribution in [1.29, 1.82) is 0 Å². The van der Waals surface area contributed by atoms with Gasteiger partial charge in [-0.25, -0.2) is 4.79 Å². The van der Waals surface area contributed by atoms with Crippen molar-refractivity contribution in [2.45, 2.75) is 64.0 Å². The number of furan rings is 1. The molecule has 5 heteroatoms. The van der Waals surface area contributed by atoms with Crippen LogP contribution >= 0.6 is 0 Å². The molecule has 0 aromatic carbocycles. The van der Waals surface area contributed by atoms with Gasteiger partial charge in [0.05, 0.1) is 0 Å². The van der Waals surface area contributed by atoms with Gasteiger partial charge < -0.3 is 19.5 Å². The molecule has 5 nitrogen and oxygen atoms in total. The van der Waals surface area contributed by atoms with Crippen molar-refractivity contribution in [3.05, 3.63) is 23.7 Å². The van der Waals surface area contributed by atoms with Crippen molar-refractivity contribution in [3.63, 3.8) is 0 Å². The van der Waals surface area contributed by atoms with Crippen LogP contribution in [0.3, 0.4) is 0 Å². The fourth-order valence-corrected chi connectivity index (χ4v) is 4.15. The number of rotatable bonds is 4. The molecule has 0 aliphatic carbocycles. The van der Waals surface area contributed by atoms with Crippen molar-refractivity contribution in [2.75, 3.05) is 26.7 Å². The summed E-state index contributed by atoms with van der Waals surface area (Å²) in [4.78, 5) is 17.3. The fourth-order valence-electron chi connectivity index (χ4n) is 4.15. The molecular formula is C19H31N3O2. The zero-order valence-electron chi connectivity index (χ0n) is 15.3. The van der Waals surface area contributed by atoms with Crippen molar-refractivity contribution in [2.24, 2.45) is 0 Å². The number of hydrogen-bond donors (Lipinski definition) is 1. The molecule has 3 rings (SSSR count).